The fraction of sp³-hybridized carbons (Fsp3) is 0.676. The van der Waals surface area contributed by atoms with E-state index in [0.29, 0.717) is 5.56 Å². The molecule has 12 nitrogen and oxygen atoms in total. The van der Waals surface area contributed by atoms with Gasteiger partial charge in [0, 0.05) is 30.1 Å². The van der Waals surface area contributed by atoms with Crippen LogP contribution in [-0.2, 0) is 23.8 Å². The maximum atomic E-state index is 14.1. The summed E-state index contributed by atoms with van der Waals surface area (Å²) in [6.45, 7) is 11.5. The highest BCUT2D eigenvalue weighted by Crippen LogP contribution is 2.61. The number of esters is 1. The van der Waals surface area contributed by atoms with Crippen molar-refractivity contribution in [2.45, 2.75) is 115 Å². The van der Waals surface area contributed by atoms with Crippen LogP contribution in [0.4, 0.5) is 4.79 Å². The number of aliphatic hydroxyl groups is 5. The summed E-state index contributed by atoms with van der Waals surface area (Å²) in [4.78, 5) is 40.5. The Bertz CT molecular complexity index is 1400. The van der Waals surface area contributed by atoms with Gasteiger partial charge in [-0.05, 0) is 51.3 Å². The molecule has 1 heterocycles. The van der Waals surface area contributed by atoms with Crippen LogP contribution in [-0.4, -0.2) is 97.8 Å². The lowest BCUT2D eigenvalue weighted by Gasteiger charge is -2.64. The summed E-state index contributed by atoms with van der Waals surface area (Å²) < 4.78 is 16.8. The minimum Gasteiger partial charge on any atom is -0.456 e. The van der Waals surface area contributed by atoms with Gasteiger partial charge in [0.1, 0.15) is 23.4 Å². The van der Waals surface area contributed by atoms with Gasteiger partial charge >= 0.3 is 12.1 Å². The van der Waals surface area contributed by atoms with E-state index in [9.17, 15) is 39.9 Å². The highest BCUT2D eigenvalue weighted by molar-refractivity contribution is 5.93. The molecule has 0 spiro atoms. The molecule has 1 aliphatic heterocycles. The third kappa shape index (κ3) is 5.36. The van der Waals surface area contributed by atoms with E-state index in [0.717, 1.165) is 0 Å². The number of fused-ring (bicyclic) bond motifs is 5. The van der Waals surface area contributed by atoms with Gasteiger partial charge in [0.25, 0.3) is 0 Å². The molecular weight excluding hydrogens is 598 g/mol. The van der Waals surface area contributed by atoms with E-state index >= 15 is 0 Å². The predicted molar refractivity (Wildman–Crippen MR) is 163 cm³/mol. The lowest BCUT2D eigenvalue weighted by atomic mass is 9.46. The third-order valence-electron chi connectivity index (χ3n) is 11.0. The molecule has 1 aromatic rings. The van der Waals surface area contributed by atoms with Crippen molar-refractivity contribution in [3.8, 4) is 0 Å². The summed E-state index contributed by atoms with van der Waals surface area (Å²) in [5.41, 5.74) is -5.12. The summed E-state index contributed by atoms with van der Waals surface area (Å²) >= 11 is 0. The minimum atomic E-state index is -2.05. The average molecular weight is 646 g/mol. The molecule has 1 saturated heterocycles. The first-order valence-electron chi connectivity index (χ1n) is 15.8. The molecule has 46 heavy (non-hydrogen) atoms. The molecule has 3 fully saturated rings. The van der Waals surface area contributed by atoms with E-state index in [-0.39, 0.29) is 36.5 Å². The summed E-state index contributed by atoms with van der Waals surface area (Å²) in [5, 5.41) is 61.3. The Morgan fingerprint density at radius 1 is 1.09 bits per heavy atom. The molecule has 1 amide bonds. The number of hydrogen-bond donors (Lipinski definition) is 6. The van der Waals surface area contributed by atoms with E-state index in [1.165, 1.54) is 6.92 Å². The van der Waals surface area contributed by atoms with Gasteiger partial charge in [0.2, 0.25) is 0 Å². The van der Waals surface area contributed by atoms with E-state index in [4.69, 9.17) is 14.2 Å². The molecule has 3 aliphatic carbocycles. The maximum Gasteiger partial charge on any atom is 0.408 e. The number of carbonyl (C=O) groups is 3. The molecule has 12 heteroatoms. The Hall–Kier alpha value is -2.87. The van der Waals surface area contributed by atoms with Gasteiger partial charge in [0.05, 0.1) is 36.4 Å². The molecule has 0 aromatic heterocycles. The molecule has 254 valence electrons. The number of alkyl carbamates (subject to hydrolysis) is 1. The number of carbonyl (C=O) groups excluding carboxylic acids is 3. The molecule has 4 unspecified atom stereocenters. The Morgan fingerprint density at radius 2 is 1.72 bits per heavy atom. The standard InChI is InChI=1S/C34H47NO11/c1-16-20(45-29(41)26(38)24(17-11-9-8-10-12-17)35-30(42)46-31(2,3)4)14-34(43)27(39)23-18-15-44-19(18)13-21(36)33(23,7)28(40)25(37)22(16)32(34,5)6/h8-12,18-21,23-27,36-39,43H,13-15H2,1-7H3,(H,35,42)/t18?,19?,20-,21-,23?,24-,25+,26+,27-,33?,34+/m0/s1. The van der Waals surface area contributed by atoms with Crippen molar-refractivity contribution in [1.29, 1.82) is 0 Å². The highest BCUT2D eigenvalue weighted by Gasteiger charge is 2.70. The number of benzene rings is 1. The van der Waals surface area contributed by atoms with Crippen LogP contribution >= 0.6 is 0 Å². The molecule has 2 bridgehead atoms. The molecule has 2 saturated carbocycles. The van der Waals surface area contributed by atoms with Crippen molar-refractivity contribution >= 4 is 17.8 Å². The zero-order valence-corrected chi connectivity index (χ0v) is 27.4. The molecule has 11 atom stereocenters. The van der Waals surface area contributed by atoms with Gasteiger partial charge in [-0.2, -0.15) is 0 Å². The van der Waals surface area contributed by atoms with Crippen LogP contribution in [0.3, 0.4) is 0 Å². The van der Waals surface area contributed by atoms with Gasteiger partial charge in [-0.3, -0.25) is 4.79 Å². The van der Waals surface area contributed by atoms with Crippen LogP contribution in [0.5, 0.6) is 0 Å². The Balaban J connectivity index is 1.51. The van der Waals surface area contributed by atoms with Crippen LogP contribution < -0.4 is 5.32 Å². The van der Waals surface area contributed by atoms with E-state index < -0.39 is 88.5 Å². The second-order valence-corrected chi connectivity index (χ2v) is 15.1. The highest BCUT2D eigenvalue weighted by atomic mass is 16.6. The van der Waals surface area contributed by atoms with Crippen molar-refractivity contribution in [3.63, 3.8) is 0 Å². The van der Waals surface area contributed by atoms with Crippen LogP contribution in [0.15, 0.2) is 41.5 Å². The van der Waals surface area contributed by atoms with E-state index in [2.05, 4.69) is 5.32 Å². The zero-order chi connectivity index (χ0) is 34.1. The third-order valence-corrected chi connectivity index (χ3v) is 11.0. The van der Waals surface area contributed by atoms with Crippen LogP contribution in [0.1, 0.15) is 72.9 Å². The first-order valence-corrected chi connectivity index (χ1v) is 15.8. The van der Waals surface area contributed by atoms with E-state index in [1.807, 2.05) is 0 Å². The largest absolute Gasteiger partial charge is 0.456 e. The SMILES string of the molecule is CC1=C2[C@@H](O)C(=O)C3(C)C(C4COC4C[C@@H]3O)[C@H](O)[C@](O)(C[C@@H]1OC(=O)[C@H](O)[C@@H](NC(=O)OC(C)(C)C)c1ccccc1)C2(C)C. The quantitative estimate of drug-likeness (QED) is 0.202. The topological polar surface area (TPSA) is 192 Å². The number of ketones is 1. The lowest BCUT2D eigenvalue weighted by molar-refractivity contribution is -0.277. The number of amides is 1. The number of hydrogen-bond acceptors (Lipinski definition) is 11. The van der Waals surface area contributed by atoms with Crippen LogP contribution in [0.2, 0.25) is 0 Å². The van der Waals surface area contributed by atoms with Crippen molar-refractivity contribution in [2.75, 3.05) is 6.61 Å². The van der Waals surface area contributed by atoms with Crippen LogP contribution in [0, 0.1) is 22.7 Å². The smallest absolute Gasteiger partial charge is 0.408 e. The van der Waals surface area contributed by atoms with Crippen molar-refractivity contribution in [3.05, 3.63) is 47.0 Å². The van der Waals surface area contributed by atoms with Crippen molar-refractivity contribution in [1.82, 2.24) is 5.32 Å². The fourth-order valence-corrected chi connectivity index (χ4v) is 8.22. The molecule has 6 N–H and O–H groups in total. The molecule has 4 aliphatic rings. The monoisotopic (exact) mass is 645 g/mol. The number of Topliss-reactive ketones (excluding diaryl/α,β-unsaturated/α-hetero) is 1. The summed E-state index contributed by atoms with van der Waals surface area (Å²) in [6, 6.07) is 7.02. The molecule has 5 rings (SSSR count). The van der Waals surface area contributed by atoms with Crippen LogP contribution in [0.25, 0.3) is 0 Å². The first kappa shape index (κ1) is 34.5. The fourth-order valence-electron chi connectivity index (χ4n) is 8.22. The minimum absolute atomic E-state index is 0.0722. The summed E-state index contributed by atoms with van der Waals surface area (Å²) in [5.74, 6) is -3.17. The second kappa shape index (κ2) is 11.7. The number of nitrogens with one attached hydrogen (secondary N) is 1. The summed E-state index contributed by atoms with van der Waals surface area (Å²) in [7, 11) is 0. The summed E-state index contributed by atoms with van der Waals surface area (Å²) in [6.07, 6.45) is -9.27. The Kier molecular flexibility index (Phi) is 8.75. The maximum absolute atomic E-state index is 14.1. The number of rotatable bonds is 5. The number of aliphatic hydroxyl groups excluding tert-OH is 4. The molecule has 1 aromatic carbocycles. The second-order valence-electron chi connectivity index (χ2n) is 15.1. The van der Waals surface area contributed by atoms with E-state index in [1.54, 1.807) is 71.9 Å². The van der Waals surface area contributed by atoms with Gasteiger partial charge in [0.15, 0.2) is 11.9 Å². The van der Waals surface area contributed by atoms with Gasteiger partial charge < -0.3 is 45.1 Å². The van der Waals surface area contributed by atoms with Gasteiger partial charge in [-0.25, -0.2) is 9.59 Å². The molecule has 0 radical (unpaired) electrons. The average Bonchev–Trinajstić information content (AvgIpc) is 2.96. The Morgan fingerprint density at radius 3 is 2.28 bits per heavy atom. The first-order chi connectivity index (χ1) is 21.3. The van der Waals surface area contributed by atoms with Gasteiger partial charge in [-0.15, -0.1) is 0 Å². The van der Waals surface area contributed by atoms with Crippen molar-refractivity contribution < 1.29 is 54.1 Å². The molecular formula is C34H47NO11. The van der Waals surface area contributed by atoms with Gasteiger partial charge in [-0.1, -0.05) is 44.2 Å². The van der Waals surface area contributed by atoms with Crippen molar-refractivity contribution in [2.24, 2.45) is 22.7 Å². The number of ether oxygens (including phenoxy) is 3. The normalized spacial score (nSPS) is 38.2. The predicted octanol–water partition coefficient (Wildman–Crippen LogP) is 1.71. The zero-order valence-electron chi connectivity index (χ0n) is 27.4. The Labute approximate surface area is 268 Å². The lowest BCUT2D eigenvalue weighted by Crippen LogP contribution is -2.74.